The quantitative estimate of drug-likeness (QED) is 0.204. The van der Waals surface area contributed by atoms with E-state index < -0.39 is 0 Å². The first kappa shape index (κ1) is 35.1. The Morgan fingerprint density at radius 1 is 1.11 bits per heavy atom. The molecule has 10 nitrogen and oxygen atoms in total. The molecule has 0 aromatic heterocycles. The van der Waals surface area contributed by atoms with E-state index >= 15 is 0 Å². The molecule has 3 unspecified atom stereocenters. The van der Waals surface area contributed by atoms with Crippen LogP contribution >= 0.6 is 11.6 Å². The van der Waals surface area contributed by atoms with Crippen molar-refractivity contribution in [1.29, 1.82) is 5.26 Å². The molecule has 47 heavy (non-hydrogen) atoms. The zero-order valence-corrected chi connectivity index (χ0v) is 28.7. The van der Waals surface area contributed by atoms with Crippen LogP contribution < -0.4 is 30.3 Å². The maximum absolute atomic E-state index is 13.2. The lowest BCUT2D eigenvalue weighted by atomic mass is 9.86. The van der Waals surface area contributed by atoms with Gasteiger partial charge in [-0.2, -0.15) is 5.26 Å². The fourth-order valence-corrected chi connectivity index (χ4v) is 6.87. The van der Waals surface area contributed by atoms with Gasteiger partial charge in [-0.05, 0) is 70.0 Å². The van der Waals surface area contributed by atoms with Crippen LogP contribution in [0.15, 0.2) is 30.3 Å². The Hall–Kier alpha value is -3.23. The molecule has 0 bridgehead atoms. The van der Waals surface area contributed by atoms with Gasteiger partial charge in [0.2, 0.25) is 5.91 Å². The summed E-state index contributed by atoms with van der Waals surface area (Å²) in [6.07, 6.45) is 6.75. The summed E-state index contributed by atoms with van der Waals surface area (Å²) in [5.74, 6) is 0.906. The highest BCUT2D eigenvalue weighted by Gasteiger charge is 2.35. The molecule has 5 rings (SSSR count). The number of ether oxygens (including phenoxy) is 3. The fourth-order valence-electron chi connectivity index (χ4n) is 6.64. The minimum absolute atomic E-state index is 0.0510. The number of unbranched alkanes of at least 4 members (excludes halogenated alkanes) is 1. The number of morpholine rings is 1. The number of halogens is 1. The molecule has 2 aromatic carbocycles. The number of rotatable bonds is 15. The number of nitriles is 1. The zero-order valence-electron chi connectivity index (χ0n) is 28.0. The molecule has 2 saturated heterocycles. The molecule has 1 amide bonds. The summed E-state index contributed by atoms with van der Waals surface area (Å²) in [5, 5.41) is 21.2. The van der Waals surface area contributed by atoms with Gasteiger partial charge in [0.05, 0.1) is 48.6 Å². The Balaban J connectivity index is 1.36. The highest BCUT2D eigenvalue weighted by molar-refractivity contribution is 6.32. The number of carbonyl (C=O) groups excluding carboxylic acids is 1. The third-order valence-corrected chi connectivity index (χ3v) is 9.53. The molecule has 2 fully saturated rings. The van der Waals surface area contributed by atoms with E-state index in [9.17, 15) is 10.1 Å². The lowest BCUT2D eigenvalue weighted by Crippen LogP contribution is -2.40. The van der Waals surface area contributed by atoms with Gasteiger partial charge >= 0.3 is 0 Å². The van der Waals surface area contributed by atoms with Crippen LogP contribution in [0, 0.1) is 17.2 Å². The van der Waals surface area contributed by atoms with Gasteiger partial charge in [-0.15, -0.1) is 0 Å². The number of amides is 1. The number of hydrogen-bond acceptors (Lipinski definition) is 9. The van der Waals surface area contributed by atoms with E-state index in [1.807, 2.05) is 37.3 Å². The van der Waals surface area contributed by atoms with E-state index in [0.29, 0.717) is 54.4 Å². The van der Waals surface area contributed by atoms with Crippen LogP contribution in [0.4, 0.5) is 17.1 Å². The Bertz CT molecular complexity index is 1360. The van der Waals surface area contributed by atoms with E-state index in [2.05, 4.69) is 38.7 Å². The molecule has 0 saturated carbocycles. The molecule has 11 heteroatoms. The lowest BCUT2D eigenvalue weighted by Gasteiger charge is -2.40. The number of anilines is 3. The van der Waals surface area contributed by atoms with Crippen molar-refractivity contribution in [3.8, 4) is 17.6 Å². The number of carbonyl (C=O) groups is 1. The summed E-state index contributed by atoms with van der Waals surface area (Å²) in [6.45, 7) is 11.8. The summed E-state index contributed by atoms with van der Waals surface area (Å²) < 4.78 is 17.6. The normalized spacial score (nSPS) is 21.4. The van der Waals surface area contributed by atoms with Crippen LogP contribution in [0.2, 0.25) is 5.02 Å². The fraction of sp³-hybridized carbons (Fsp3) is 0.611. The number of benzene rings is 2. The van der Waals surface area contributed by atoms with Crippen molar-refractivity contribution >= 4 is 34.6 Å². The Labute approximate surface area is 285 Å². The van der Waals surface area contributed by atoms with Gasteiger partial charge in [-0.3, -0.25) is 9.69 Å². The van der Waals surface area contributed by atoms with Gasteiger partial charge < -0.3 is 35.1 Å². The molecule has 0 spiro atoms. The highest BCUT2D eigenvalue weighted by atomic mass is 35.5. The van der Waals surface area contributed by atoms with E-state index in [1.165, 1.54) is 12.8 Å². The van der Waals surface area contributed by atoms with Gasteiger partial charge in [-0.25, -0.2) is 0 Å². The van der Waals surface area contributed by atoms with Crippen LogP contribution in [-0.2, 0) is 9.53 Å². The van der Waals surface area contributed by atoms with Gasteiger partial charge in [0.1, 0.15) is 18.1 Å². The molecule has 3 atom stereocenters. The molecule has 3 N–H and O–H groups in total. The third-order valence-electron chi connectivity index (χ3n) is 9.23. The average Bonchev–Trinajstić information content (AvgIpc) is 3.09. The van der Waals surface area contributed by atoms with Gasteiger partial charge in [-0.1, -0.05) is 31.4 Å². The number of piperidine rings is 1. The highest BCUT2D eigenvalue weighted by Crippen LogP contribution is 2.45. The Kier molecular flexibility index (Phi) is 13.3. The average molecular weight is 667 g/mol. The van der Waals surface area contributed by atoms with Gasteiger partial charge in [0.15, 0.2) is 0 Å². The first-order chi connectivity index (χ1) is 23.0. The van der Waals surface area contributed by atoms with E-state index in [-0.39, 0.29) is 17.9 Å². The van der Waals surface area contributed by atoms with E-state index in [1.54, 1.807) is 0 Å². The third kappa shape index (κ3) is 9.66. The topological polar surface area (TPSA) is 111 Å². The van der Waals surface area contributed by atoms with Crippen molar-refractivity contribution in [2.45, 2.75) is 70.9 Å². The van der Waals surface area contributed by atoms with Crippen LogP contribution in [0.3, 0.4) is 0 Å². The van der Waals surface area contributed by atoms with Gasteiger partial charge in [0, 0.05) is 61.6 Å². The molecular weight excluding hydrogens is 616 g/mol. The number of hydrogen-bond donors (Lipinski definition) is 3. The predicted octanol–water partition coefficient (Wildman–Crippen LogP) is 6.22. The largest absolute Gasteiger partial charge is 0.492 e. The monoisotopic (exact) mass is 666 g/mol. The SMILES string of the molecule is CCCCN1CC(C#N)C(Nc2ccc(OCC3CCCCN3)c(Cl)c2)c2cc(NC(=O)CCCN3CCOCC3)c(OCC)cc21. The zero-order chi connectivity index (χ0) is 33.0. The lowest BCUT2D eigenvalue weighted by molar-refractivity contribution is -0.116. The van der Waals surface area contributed by atoms with E-state index in [4.69, 9.17) is 25.8 Å². The second-order valence-electron chi connectivity index (χ2n) is 12.7. The minimum atomic E-state index is -0.332. The van der Waals surface area contributed by atoms with Crippen molar-refractivity contribution in [1.82, 2.24) is 10.2 Å². The summed E-state index contributed by atoms with van der Waals surface area (Å²) in [6, 6.07) is 12.3. The number of fused-ring (bicyclic) bond motifs is 1. The molecule has 3 aliphatic heterocycles. The number of nitrogens with zero attached hydrogens (tertiary/aromatic N) is 3. The Morgan fingerprint density at radius 3 is 2.68 bits per heavy atom. The standard InChI is InChI=1S/C36H51ClN6O4/c1-3-5-15-43-24-26(23-38)36(40-27-11-12-33(30(37)20-27)47-25-28-9-6-7-13-39-28)29-21-31(34(46-4-2)22-32(29)43)41-35(44)10-8-14-42-16-18-45-19-17-42/h11-12,20-22,26,28,36,39-40H,3-10,13-19,24-25H2,1-2H3,(H,41,44). The summed E-state index contributed by atoms with van der Waals surface area (Å²) in [4.78, 5) is 17.8. The molecular formula is C36H51ClN6O4. The van der Waals surface area contributed by atoms with Crippen molar-refractivity contribution in [2.24, 2.45) is 5.92 Å². The van der Waals surface area contributed by atoms with Crippen LogP contribution in [0.1, 0.15) is 70.4 Å². The molecule has 0 radical (unpaired) electrons. The van der Waals surface area contributed by atoms with Crippen molar-refractivity contribution < 1.29 is 19.0 Å². The minimum Gasteiger partial charge on any atom is -0.492 e. The maximum atomic E-state index is 13.2. The molecule has 2 aromatic rings. The van der Waals surface area contributed by atoms with Crippen LogP contribution in [0.5, 0.6) is 11.5 Å². The maximum Gasteiger partial charge on any atom is 0.224 e. The predicted molar refractivity (Wildman–Crippen MR) is 188 cm³/mol. The van der Waals surface area contributed by atoms with E-state index in [0.717, 1.165) is 88.6 Å². The second-order valence-corrected chi connectivity index (χ2v) is 13.1. The summed E-state index contributed by atoms with van der Waals surface area (Å²) in [7, 11) is 0. The molecule has 256 valence electrons. The van der Waals surface area contributed by atoms with Crippen LogP contribution in [0.25, 0.3) is 0 Å². The first-order valence-corrected chi connectivity index (χ1v) is 17.8. The second kappa shape index (κ2) is 17.8. The number of nitrogens with one attached hydrogen (secondary N) is 3. The molecule has 3 heterocycles. The molecule has 3 aliphatic rings. The first-order valence-electron chi connectivity index (χ1n) is 17.5. The van der Waals surface area contributed by atoms with Crippen molar-refractivity contribution in [3.63, 3.8) is 0 Å². The summed E-state index contributed by atoms with van der Waals surface area (Å²) >= 11 is 6.71. The van der Waals surface area contributed by atoms with Crippen molar-refractivity contribution in [2.75, 3.05) is 81.2 Å². The van der Waals surface area contributed by atoms with Crippen molar-refractivity contribution in [3.05, 3.63) is 40.9 Å². The molecule has 0 aliphatic carbocycles. The Morgan fingerprint density at radius 2 is 1.96 bits per heavy atom. The smallest absolute Gasteiger partial charge is 0.224 e. The van der Waals surface area contributed by atoms with Crippen LogP contribution in [-0.4, -0.2) is 82.5 Å². The van der Waals surface area contributed by atoms with Gasteiger partial charge in [0.25, 0.3) is 0 Å². The summed E-state index contributed by atoms with van der Waals surface area (Å²) in [5.41, 5.74) is 3.40.